The van der Waals surface area contributed by atoms with E-state index in [-0.39, 0.29) is 11.9 Å². The summed E-state index contributed by atoms with van der Waals surface area (Å²) in [6, 6.07) is 21.5. The first-order chi connectivity index (χ1) is 13.7. The van der Waals surface area contributed by atoms with E-state index in [9.17, 15) is 4.79 Å². The molecule has 0 bridgehead atoms. The molecular weight excluding hydrogens is 350 g/mol. The maximum atomic E-state index is 12.4. The number of nitrogens with one attached hydrogen (secondary N) is 2. The highest BCUT2D eigenvalue weighted by Gasteiger charge is 2.11. The van der Waals surface area contributed by atoms with Crippen LogP contribution in [0.1, 0.15) is 34.5 Å². The number of hydrogen-bond donors (Lipinski definition) is 2. The Hall–Kier alpha value is -3.34. The van der Waals surface area contributed by atoms with Gasteiger partial charge in [-0.2, -0.15) is 0 Å². The molecule has 2 N–H and O–H groups in total. The molecule has 2 aromatic carbocycles. The lowest BCUT2D eigenvalue weighted by Crippen LogP contribution is -2.26. The van der Waals surface area contributed by atoms with Gasteiger partial charge in [-0.25, -0.2) is 4.98 Å². The summed E-state index contributed by atoms with van der Waals surface area (Å²) in [5.41, 5.74) is 2.84. The zero-order valence-electron chi connectivity index (χ0n) is 16.2. The minimum Gasteiger partial charge on any atom is -0.497 e. The van der Waals surface area contributed by atoms with Crippen molar-refractivity contribution in [2.45, 2.75) is 19.4 Å². The minimum absolute atomic E-state index is 0.0593. The SMILES string of the molecule is COc1ccc(CCNc2ccc(C(=O)NC(C)c3ccccc3)cn2)cc1. The molecule has 1 atom stereocenters. The number of carbonyl (C=O) groups is 1. The van der Waals surface area contributed by atoms with Crippen molar-refractivity contribution < 1.29 is 9.53 Å². The van der Waals surface area contributed by atoms with E-state index in [2.05, 4.69) is 27.8 Å². The molecule has 144 valence electrons. The highest BCUT2D eigenvalue weighted by Crippen LogP contribution is 2.14. The van der Waals surface area contributed by atoms with Gasteiger partial charge in [0.1, 0.15) is 11.6 Å². The molecule has 1 unspecified atom stereocenters. The molecule has 0 saturated carbocycles. The summed E-state index contributed by atoms with van der Waals surface area (Å²) < 4.78 is 5.16. The lowest BCUT2D eigenvalue weighted by Gasteiger charge is -2.14. The third-order valence-electron chi connectivity index (χ3n) is 4.55. The molecule has 3 aromatic rings. The van der Waals surface area contributed by atoms with Crippen molar-refractivity contribution in [2.24, 2.45) is 0 Å². The third-order valence-corrected chi connectivity index (χ3v) is 4.55. The van der Waals surface area contributed by atoms with Crippen LogP contribution in [-0.4, -0.2) is 24.5 Å². The van der Waals surface area contributed by atoms with Gasteiger partial charge >= 0.3 is 0 Å². The van der Waals surface area contributed by atoms with E-state index in [1.165, 1.54) is 5.56 Å². The average Bonchev–Trinajstić information content (AvgIpc) is 2.75. The smallest absolute Gasteiger partial charge is 0.253 e. The van der Waals surface area contributed by atoms with Crippen LogP contribution in [0, 0.1) is 0 Å². The fourth-order valence-corrected chi connectivity index (χ4v) is 2.86. The van der Waals surface area contributed by atoms with Gasteiger partial charge in [-0.15, -0.1) is 0 Å². The van der Waals surface area contributed by atoms with Crippen molar-refractivity contribution in [1.82, 2.24) is 10.3 Å². The maximum absolute atomic E-state index is 12.4. The fraction of sp³-hybridized carbons (Fsp3) is 0.217. The van der Waals surface area contributed by atoms with Crippen LogP contribution in [0.2, 0.25) is 0 Å². The van der Waals surface area contributed by atoms with Crippen LogP contribution >= 0.6 is 0 Å². The lowest BCUT2D eigenvalue weighted by molar-refractivity contribution is 0.0939. The molecule has 0 aliphatic carbocycles. The molecule has 28 heavy (non-hydrogen) atoms. The average molecular weight is 375 g/mol. The maximum Gasteiger partial charge on any atom is 0.253 e. The molecule has 0 fully saturated rings. The number of pyridine rings is 1. The van der Waals surface area contributed by atoms with Crippen molar-refractivity contribution >= 4 is 11.7 Å². The molecule has 3 rings (SSSR count). The van der Waals surface area contributed by atoms with E-state index < -0.39 is 0 Å². The van der Waals surface area contributed by atoms with Crippen molar-refractivity contribution in [1.29, 1.82) is 0 Å². The molecule has 0 saturated heterocycles. The summed E-state index contributed by atoms with van der Waals surface area (Å²) in [4.78, 5) is 16.8. The molecule has 0 spiro atoms. The third kappa shape index (κ3) is 5.33. The van der Waals surface area contributed by atoms with Crippen LogP contribution in [0.25, 0.3) is 0 Å². The molecule has 0 aliphatic rings. The van der Waals surface area contributed by atoms with Crippen LogP contribution < -0.4 is 15.4 Å². The van der Waals surface area contributed by atoms with Crippen molar-refractivity contribution in [3.8, 4) is 5.75 Å². The number of carbonyl (C=O) groups excluding carboxylic acids is 1. The predicted molar refractivity (Wildman–Crippen MR) is 112 cm³/mol. The van der Waals surface area contributed by atoms with Gasteiger partial charge in [0.2, 0.25) is 0 Å². The fourth-order valence-electron chi connectivity index (χ4n) is 2.86. The molecule has 1 aromatic heterocycles. The minimum atomic E-state index is -0.131. The van der Waals surface area contributed by atoms with Crippen molar-refractivity contribution in [3.05, 3.63) is 89.6 Å². The second kappa shape index (κ2) is 9.55. The molecular formula is C23H25N3O2. The quantitative estimate of drug-likeness (QED) is 0.618. The Bertz CT molecular complexity index is 878. The van der Waals surface area contributed by atoms with Crippen molar-refractivity contribution in [2.75, 3.05) is 19.0 Å². The Morgan fingerprint density at radius 3 is 2.43 bits per heavy atom. The predicted octanol–water partition coefficient (Wildman–Crippen LogP) is 4.24. The van der Waals surface area contributed by atoms with Gasteiger partial charge in [0.25, 0.3) is 5.91 Å². The van der Waals surface area contributed by atoms with Gasteiger partial charge in [-0.05, 0) is 48.7 Å². The largest absolute Gasteiger partial charge is 0.497 e. The Morgan fingerprint density at radius 1 is 1.04 bits per heavy atom. The molecule has 5 nitrogen and oxygen atoms in total. The zero-order chi connectivity index (χ0) is 19.8. The van der Waals surface area contributed by atoms with Crippen LogP contribution in [0.5, 0.6) is 5.75 Å². The Balaban J connectivity index is 1.49. The molecule has 1 amide bonds. The Labute approximate surface area is 165 Å². The van der Waals surface area contributed by atoms with E-state index in [1.807, 2.05) is 55.5 Å². The molecule has 0 aliphatic heterocycles. The summed E-state index contributed by atoms with van der Waals surface area (Å²) in [7, 11) is 1.66. The summed E-state index contributed by atoms with van der Waals surface area (Å²) in [6.07, 6.45) is 2.48. The monoisotopic (exact) mass is 375 g/mol. The van der Waals surface area contributed by atoms with E-state index in [4.69, 9.17) is 4.74 Å². The second-order valence-electron chi connectivity index (χ2n) is 6.56. The number of methoxy groups -OCH3 is 1. The van der Waals surface area contributed by atoms with Crippen LogP contribution in [0.4, 0.5) is 5.82 Å². The number of benzene rings is 2. The first kappa shape index (κ1) is 19.4. The van der Waals surface area contributed by atoms with E-state index in [0.29, 0.717) is 5.56 Å². The Morgan fingerprint density at radius 2 is 1.79 bits per heavy atom. The number of aromatic nitrogens is 1. The van der Waals surface area contributed by atoms with E-state index in [1.54, 1.807) is 19.4 Å². The highest BCUT2D eigenvalue weighted by atomic mass is 16.5. The normalized spacial score (nSPS) is 11.5. The highest BCUT2D eigenvalue weighted by molar-refractivity contribution is 5.94. The number of amides is 1. The van der Waals surface area contributed by atoms with Gasteiger partial charge < -0.3 is 15.4 Å². The molecule has 5 heteroatoms. The summed E-state index contributed by atoms with van der Waals surface area (Å²) >= 11 is 0. The van der Waals surface area contributed by atoms with Crippen molar-refractivity contribution in [3.63, 3.8) is 0 Å². The first-order valence-electron chi connectivity index (χ1n) is 9.34. The Kier molecular flexibility index (Phi) is 6.63. The standard InChI is InChI=1S/C23H25N3O2/c1-17(19-6-4-3-5-7-19)26-23(27)20-10-13-22(25-16-20)24-15-14-18-8-11-21(28-2)12-9-18/h3-13,16-17H,14-15H2,1-2H3,(H,24,25)(H,26,27). The van der Waals surface area contributed by atoms with Gasteiger partial charge in [0, 0.05) is 12.7 Å². The van der Waals surface area contributed by atoms with Crippen LogP contribution in [-0.2, 0) is 6.42 Å². The van der Waals surface area contributed by atoms with Crippen LogP contribution in [0.3, 0.4) is 0 Å². The van der Waals surface area contributed by atoms with E-state index in [0.717, 1.165) is 30.1 Å². The number of rotatable bonds is 8. The number of ether oxygens (including phenoxy) is 1. The van der Waals surface area contributed by atoms with Gasteiger partial charge in [-0.1, -0.05) is 42.5 Å². The second-order valence-corrected chi connectivity index (χ2v) is 6.56. The number of nitrogens with zero attached hydrogens (tertiary/aromatic N) is 1. The summed E-state index contributed by atoms with van der Waals surface area (Å²) in [6.45, 7) is 2.73. The summed E-state index contributed by atoms with van der Waals surface area (Å²) in [5, 5.41) is 6.28. The zero-order valence-corrected chi connectivity index (χ0v) is 16.2. The molecule has 0 radical (unpaired) electrons. The number of anilines is 1. The van der Waals surface area contributed by atoms with Gasteiger partial charge in [0.05, 0.1) is 18.7 Å². The van der Waals surface area contributed by atoms with E-state index >= 15 is 0 Å². The summed E-state index contributed by atoms with van der Waals surface area (Å²) in [5.74, 6) is 1.48. The first-order valence-corrected chi connectivity index (χ1v) is 9.34. The molecule has 1 heterocycles. The lowest BCUT2D eigenvalue weighted by atomic mass is 10.1. The van der Waals surface area contributed by atoms with Gasteiger partial charge in [-0.3, -0.25) is 4.79 Å². The topological polar surface area (TPSA) is 63.2 Å². The number of hydrogen-bond acceptors (Lipinski definition) is 4. The van der Waals surface area contributed by atoms with Crippen LogP contribution in [0.15, 0.2) is 72.9 Å². The van der Waals surface area contributed by atoms with Gasteiger partial charge in [0.15, 0.2) is 0 Å².